The van der Waals surface area contributed by atoms with Gasteiger partial charge in [-0.3, -0.25) is 0 Å². The van der Waals surface area contributed by atoms with Crippen LogP contribution in [0.25, 0.3) is 0 Å². The van der Waals surface area contributed by atoms with Crippen molar-refractivity contribution in [3.8, 4) is 0 Å². The molecular weight excluding hydrogens is 296 g/mol. The molecule has 0 aliphatic carbocycles. The summed E-state index contributed by atoms with van der Waals surface area (Å²) in [5.74, 6) is 0. The van der Waals surface area contributed by atoms with Crippen LogP contribution in [0.5, 0.6) is 0 Å². The van der Waals surface area contributed by atoms with Crippen molar-refractivity contribution in [1.82, 2.24) is 0 Å². The molecule has 0 radical (unpaired) electrons. The molecule has 8 heteroatoms. The first-order chi connectivity index (χ1) is 8.78. The van der Waals surface area contributed by atoms with E-state index in [-0.39, 0.29) is 0 Å². The minimum Gasteiger partial charge on any atom is -0.398 e. The second-order valence-electron chi connectivity index (χ2n) is 4.83. The first-order valence-corrected chi connectivity index (χ1v) is 13.8. The molecule has 0 rings (SSSR count). The molecule has 0 saturated carbocycles. The summed E-state index contributed by atoms with van der Waals surface area (Å²) in [6.45, 7) is 10.3. The van der Waals surface area contributed by atoms with Gasteiger partial charge in [-0.2, -0.15) is 0 Å². The molecule has 0 heterocycles. The van der Waals surface area contributed by atoms with Crippen molar-refractivity contribution in [2.24, 2.45) is 0 Å². The van der Waals surface area contributed by atoms with Crippen molar-refractivity contribution in [3.63, 3.8) is 0 Å². The Morgan fingerprint density at radius 2 is 1.00 bits per heavy atom. The van der Waals surface area contributed by atoms with E-state index in [1.54, 1.807) is 21.3 Å². The summed E-state index contributed by atoms with van der Waals surface area (Å²) < 4.78 is 29.5. The van der Waals surface area contributed by atoms with Crippen molar-refractivity contribution in [2.75, 3.05) is 21.3 Å². The molecule has 0 bridgehead atoms. The Morgan fingerprint density at radius 3 is 1.16 bits per heavy atom. The van der Waals surface area contributed by atoms with Gasteiger partial charge in [-0.05, 0) is 25.2 Å². The van der Waals surface area contributed by atoms with Gasteiger partial charge in [0.15, 0.2) is 0 Å². The van der Waals surface area contributed by atoms with Crippen LogP contribution < -0.4 is 0 Å². The molecule has 2 atom stereocenters. The molecule has 0 fully saturated rings. The lowest BCUT2D eigenvalue weighted by Gasteiger charge is -2.39. The van der Waals surface area contributed by atoms with Crippen molar-refractivity contribution < 1.29 is 21.5 Å². The Hall–Kier alpha value is 0.451. The van der Waals surface area contributed by atoms with Gasteiger partial charge in [0, 0.05) is 27.4 Å². The van der Waals surface area contributed by atoms with Crippen LogP contribution in [0.3, 0.4) is 0 Å². The largest absolute Gasteiger partial charge is 0.482 e. The zero-order valence-corrected chi connectivity index (χ0v) is 16.7. The lowest BCUT2D eigenvalue weighted by Crippen LogP contribution is -2.59. The Morgan fingerprint density at radius 1 is 0.632 bits per heavy atom. The second kappa shape index (κ2) is 8.03. The van der Waals surface area contributed by atoms with Gasteiger partial charge in [0.05, 0.1) is 0 Å². The average Bonchev–Trinajstić information content (AvgIpc) is 2.46. The normalized spacial score (nSPS) is 21.5. The molecule has 2 unspecified atom stereocenters. The molecule has 19 heavy (non-hydrogen) atoms. The van der Waals surface area contributed by atoms with Gasteiger partial charge in [0.25, 0.3) is 0 Å². The molecule has 0 saturated heterocycles. The van der Waals surface area contributed by atoms with Gasteiger partial charge in [0.1, 0.15) is 0 Å². The molecule has 0 N–H and O–H groups in total. The third kappa shape index (κ3) is 5.38. The van der Waals surface area contributed by atoms with E-state index in [4.69, 9.17) is 21.5 Å². The van der Waals surface area contributed by atoms with E-state index in [0.29, 0.717) is 0 Å². The van der Waals surface area contributed by atoms with Crippen molar-refractivity contribution in [3.05, 3.63) is 0 Å². The maximum Gasteiger partial charge on any atom is 0.482 e. The van der Waals surface area contributed by atoms with E-state index in [2.05, 4.69) is 13.8 Å². The van der Waals surface area contributed by atoms with Crippen LogP contribution in [0.4, 0.5) is 0 Å². The molecule has 0 aromatic carbocycles. The zero-order valence-electron chi connectivity index (χ0n) is 13.7. The quantitative estimate of drug-likeness (QED) is 0.577. The van der Waals surface area contributed by atoms with Crippen LogP contribution in [-0.2, 0) is 21.5 Å². The van der Waals surface area contributed by atoms with E-state index >= 15 is 0 Å². The molecule has 5 nitrogen and oxygen atoms in total. The summed E-state index contributed by atoms with van der Waals surface area (Å²) in [5, 5.41) is 0. The molecule has 0 aliphatic heterocycles. The number of hydrogen-bond acceptors (Lipinski definition) is 5. The van der Waals surface area contributed by atoms with E-state index in [1.165, 1.54) is 0 Å². The zero-order chi connectivity index (χ0) is 15.2. The summed E-state index contributed by atoms with van der Waals surface area (Å²) in [5.41, 5.74) is 0. The predicted molar refractivity (Wildman–Crippen MR) is 83.6 cm³/mol. The van der Waals surface area contributed by atoms with Crippen molar-refractivity contribution in [1.29, 1.82) is 0 Å². The molecule has 0 amide bonds. The fourth-order valence-corrected chi connectivity index (χ4v) is 11.9. The maximum atomic E-state index is 6.29. The fraction of sp³-hybridized carbons (Fsp3) is 1.00. The molecule has 0 aromatic rings. The van der Waals surface area contributed by atoms with Gasteiger partial charge >= 0.3 is 25.9 Å². The number of hydrogen-bond donors (Lipinski definition) is 0. The van der Waals surface area contributed by atoms with Gasteiger partial charge in [-0.15, -0.1) is 0 Å². The van der Waals surface area contributed by atoms with Crippen LogP contribution >= 0.6 is 0 Å². The first kappa shape index (κ1) is 19.5. The monoisotopic (exact) mass is 326 g/mol. The van der Waals surface area contributed by atoms with Crippen LogP contribution in [0.2, 0.25) is 31.2 Å². The molecular formula is C11H30O5Si3. The SMILES string of the molecule is CC[Si](C)(OC)O[Si](CC)(OC)O[Si](C)(CC)OC. The maximum absolute atomic E-state index is 6.29. The average molecular weight is 327 g/mol. The highest BCUT2D eigenvalue weighted by Gasteiger charge is 2.50. The summed E-state index contributed by atoms with van der Waals surface area (Å²) in [6, 6.07) is 2.45. The third-order valence-corrected chi connectivity index (χ3v) is 15.4. The van der Waals surface area contributed by atoms with Gasteiger partial charge in [0.2, 0.25) is 0 Å². The summed E-state index contributed by atoms with van der Waals surface area (Å²) in [7, 11) is -2.10. The van der Waals surface area contributed by atoms with Gasteiger partial charge in [-0.25, -0.2) is 0 Å². The van der Waals surface area contributed by atoms with Crippen LogP contribution in [0.1, 0.15) is 20.8 Å². The van der Waals surface area contributed by atoms with E-state index < -0.39 is 25.9 Å². The first-order valence-electron chi connectivity index (χ1n) is 6.84. The minimum atomic E-state index is -2.72. The fourth-order valence-electron chi connectivity index (χ4n) is 1.57. The van der Waals surface area contributed by atoms with E-state index in [9.17, 15) is 0 Å². The summed E-state index contributed by atoms with van der Waals surface area (Å²) in [6.07, 6.45) is 0. The second-order valence-corrected chi connectivity index (χ2v) is 15.7. The lowest BCUT2D eigenvalue weighted by molar-refractivity contribution is 0.148. The van der Waals surface area contributed by atoms with Crippen molar-refractivity contribution in [2.45, 2.75) is 52.0 Å². The number of rotatable bonds is 10. The van der Waals surface area contributed by atoms with Crippen LogP contribution in [0.15, 0.2) is 0 Å². The van der Waals surface area contributed by atoms with E-state index in [0.717, 1.165) is 18.1 Å². The highest BCUT2D eigenvalue weighted by Crippen LogP contribution is 2.28. The topological polar surface area (TPSA) is 46.2 Å². The molecule has 0 aliphatic rings. The minimum absolute atomic E-state index is 0.724. The van der Waals surface area contributed by atoms with Crippen molar-refractivity contribution >= 4 is 25.9 Å². The summed E-state index contributed by atoms with van der Waals surface area (Å²) >= 11 is 0. The highest BCUT2D eigenvalue weighted by atomic mass is 28.5. The lowest BCUT2D eigenvalue weighted by atomic mass is 11.0. The molecule has 0 spiro atoms. The standard InChI is InChI=1S/C11H30O5Si3/c1-9-17(7,12-4)15-19(11-3,14-6)16-18(8,10-2)13-5/h9-11H2,1-8H3. The molecule has 116 valence electrons. The van der Waals surface area contributed by atoms with Gasteiger partial charge < -0.3 is 21.5 Å². The Labute approximate surface area is 121 Å². The van der Waals surface area contributed by atoms with E-state index in [1.807, 2.05) is 20.0 Å². The smallest absolute Gasteiger partial charge is 0.398 e. The predicted octanol–water partition coefficient (Wildman–Crippen LogP) is 3.10. The van der Waals surface area contributed by atoms with Crippen LogP contribution in [0, 0.1) is 0 Å². The highest BCUT2D eigenvalue weighted by molar-refractivity contribution is 6.83. The summed E-state index contributed by atoms with van der Waals surface area (Å²) in [4.78, 5) is 0. The van der Waals surface area contributed by atoms with Crippen LogP contribution in [-0.4, -0.2) is 47.3 Å². The Bertz CT molecular complexity index is 231. The Kier molecular flexibility index (Phi) is 8.22. The third-order valence-electron chi connectivity index (χ3n) is 3.63. The molecule has 0 aromatic heterocycles. The van der Waals surface area contributed by atoms with Gasteiger partial charge in [-0.1, -0.05) is 20.8 Å². The Balaban J connectivity index is 5.15.